The molecule has 2 amide bonds. The lowest BCUT2D eigenvalue weighted by Gasteiger charge is -2.21. The minimum Gasteiger partial charge on any atom is -0.506 e. The number of halogens is 2. The van der Waals surface area contributed by atoms with E-state index < -0.39 is 17.6 Å². The van der Waals surface area contributed by atoms with Crippen molar-refractivity contribution in [2.45, 2.75) is 32.1 Å². The highest BCUT2D eigenvalue weighted by molar-refractivity contribution is 6.34. The summed E-state index contributed by atoms with van der Waals surface area (Å²) >= 11 is 5.81. The maximum Gasteiger partial charge on any atom is 0.261 e. The highest BCUT2D eigenvalue weighted by Gasteiger charge is 2.42. The second-order valence-corrected chi connectivity index (χ2v) is 6.03. The average Bonchev–Trinajstić information content (AvgIpc) is 2.78. The van der Waals surface area contributed by atoms with Crippen molar-refractivity contribution in [3.63, 3.8) is 0 Å². The van der Waals surface area contributed by atoms with Crippen molar-refractivity contribution in [2.24, 2.45) is 0 Å². The molecule has 0 aromatic heterocycles. The minimum absolute atomic E-state index is 0.0837. The number of nitrogens with zero attached hydrogens (tertiary/aromatic N) is 1. The van der Waals surface area contributed by atoms with Gasteiger partial charge in [0.15, 0.2) is 0 Å². The first-order valence-electron chi connectivity index (χ1n) is 7.39. The molecule has 4 nitrogen and oxygen atoms in total. The van der Waals surface area contributed by atoms with Crippen LogP contribution in [0.2, 0.25) is 5.02 Å². The number of aromatic hydroxyl groups is 1. The van der Waals surface area contributed by atoms with Crippen LogP contribution in [0.15, 0.2) is 29.9 Å². The van der Waals surface area contributed by atoms with Gasteiger partial charge in [-0.3, -0.25) is 9.59 Å². The van der Waals surface area contributed by atoms with E-state index in [-0.39, 0.29) is 28.4 Å². The van der Waals surface area contributed by atoms with Crippen LogP contribution in [0.1, 0.15) is 31.2 Å². The first-order valence-corrected chi connectivity index (χ1v) is 7.76. The van der Waals surface area contributed by atoms with Crippen molar-refractivity contribution in [1.82, 2.24) is 0 Å². The predicted octanol–water partition coefficient (Wildman–Crippen LogP) is 3.66. The smallest absolute Gasteiger partial charge is 0.261 e. The summed E-state index contributed by atoms with van der Waals surface area (Å²) in [5.74, 6) is -2.16. The summed E-state index contributed by atoms with van der Waals surface area (Å²) in [6.45, 7) is 3.56. The molecule has 0 radical (unpaired) electrons. The molecule has 6 heteroatoms. The summed E-state index contributed by atoms with van der Waals surface area (Å²) in [6, 6.07) is 0.913. The number of benzene rings is 1. The fourth-order valence-electron chi connectivity index (χ4n) is 3.17. The number of carbonyl (C=O) groups excluding carboxylic acids is 2. The number of carbonyl (C=O) groups is 2. The summed E-state index contributed by atoms with van der Waals surface area (Å²) in [5.41, 5.74) is 0.780. The van der Waals surface area contributed by atoms with Crippen molar-refractivity contribution in [2.75, 3.05) is 4.90 Å². The molecule has 2 aliphatic rings. The van der Waals surface area contributed by atoms with Crippen LogP contribution in [0.3, 0.4) is 0 Å². The van der Waals surface area contributed by atoms with Gasteiger partial charge in [-0.25, -0.2) is 9.29 Å². The Morgan fingerprint density at radius 3 is 2.35 bits per heavy atom. The van der Waals surface area contributed by atoms with Crippen LogP contribution in [0.5, 0.6) is 5.75 Å². The molecule has 0 fully saturated rings. The molecule has 1 heterocycles. The Kier molecular flexibility index (Phi) is 3.98. The largest absolute Gasteiger partial charge is 0.506 e. The van der Waals surface area contributed by atoms with E-state index in [1.165, 1.54) is 6.08 Å². The molecule has 0 bridgehead atoms. The maximum atomic E-state index is 14.5. The monoisotopic (exact) mass is 335 g/mol. The van der Waals surface area contributed by atoms with Crippen molar-refractivity contribution in [1.29, 1.82) is 0 Å². The molecule has 0 atom stereocenters. The van der Waals surface area contributed by atoms with E-state index in [1.54, 1.807) is 0 Å². The number of allylic oxidation sites excluding steroid dienone is 1. The molecule has 0 unspecified atom stereocenters. The number of hydrogen-bond acceptors (Lipinski definition) is 3. The van der Waals surface area contributed by atoms with Crippen LogP contribution in [0.25, 0.3) is 0 Å². The number of rotatable bonds is 3. The Balaban J connectivity index is 2.16. The molecular formula is C17H15ClFNO3. The Morgan fingerprint density at radius 2 is 1.83 bits per heavy atom. The van der Waals surface area contributed by atoms with Gasteiger partial charge in [-0.1, -0.05) is 17.7 Å². The Bertz CT molecular complexity index is 742. The molecule has 1 N–H and O–H groups in total. The SMILES string of the molecule is C=CCc1c(O)c(Cl)cc(F)c1N1C(=O)C2=C(CCCC2)C1=O. The molecule has 23 heavy (non-hydrogen) atoms. The van der Waals surface area contributed by atoms with Crippen LogP contribution < -0.4 is 4.90 Å². The first kappa shape index (κ1) is 15.7. The summed E-state index contributed by atoms with van der Waals surface area (Å²) in [6.07, 6.45) is 4.24. The molecular weight excluding hydrogens is 321 g/mol. The van der Waals surface area contributed by atoms with Gasteiger partial charge in [-0.05, 0) is 38.2 Å². The van der Waals surface area contributed by atoms with Crippen LogP contribution in [-0.4, -0.2) is 16.9 Å². The van der Waals surface area contributed by atoms with E-state index in [2.05, 4.69) is 6.58 Å². The topological polar surface area (TPSA) is 57.6 Å². The predicted molar refractivity (Wildman–Crippen MR) is 85.0 cm³/mol. The zero-order valence-corrected chi connectivity index (χ0v) is 13.1. The maximum absolute atomic E-state index is 14.5. The summed E-state index contributed by atoms with van der Waals surface area (Å²) in [5, 5.41) is 9.95. The van der Waals surface area contributed by atoms with Crippen molar-refractivity contribution >= 4 is 29.1 Å². The fourth-order valence-corrected chi connectivity index (χ4v) is 3.38. The third-order valence-electron chi connectivity index (χ3n) is 4.24. The van der Waals surface area contributed by atoms with E-state index in [4.69, 9.17) is 11.6 Å². The molecule has 3 rings (SSSR count). The van der Waals surface area contributed by atoms with Gasteiger partial charge in [-0.2, -0.15) is 0 Å². The number of imide groups is 1. The zero-order valence-electron chi connectivity index (χ0n) is 12.4. The molecule has 1 aliphatic carbocycles. The molecule has 0 spiro atoms. The van der Waals surface area contributed by atoms with Gasteiger partial charge in [0.1, 0.15) is 11.6 Å². The highest BCUT2D eigenvalue weighted by atomic mass is 35.5. The van der Waals surface area contributed by atoms with E-state index >= 15 is 0 Å². The van der Waals surface area contributed by atoms with Gasteiger partial charge < -0.3 is 5.11 Å². The molecule has 1 aliphatic heterocycles. The average molecular weight is 336 g/mol. The lowest BCUT2D eigenvalue weighted by Crippen LogP contribution is -2.33. The van der Waals surface area contributed by atoms with Gasteiger partial charge >= 0.3 is 0 Å². The second kappa shape index (κ2) is 5.81. The lowest BCUT2D eigenvalue weighted by molar-refractivity contribution is -0.120. The van der Waals surface area contributed by atoms with Crippen molar-refractivity contribution in [3.05, 3.63) is 46.3 Å². The van der Waals surface area contributed by atoms with Crippen molar-refractivity contribution in [3.8, 4) is 5.75 Å². The number of phenolic OH excluding ortho intramolecular Hbond substituents is 1. The summed E-state index contributed by atoms with van der Waals surface area (Å²) in [4.78, 5) is 26.0. The number of hydrogen-bond donors (Lipinski definition) is 1. The van der Waals surface area contributed by atoms with Crippen LogP contribution in [0, 0.1) is 5.82 Å². The molecule has 120 valence electrons. The van der Waals surface area contributed by atoms with Gasteiger partial charge in [0.25, 0.3) is 11.8 Å². The van der Waals surface area contributed by atoms with Gasteiger partial charge in [0.05, 0.1) is 10.7 Å². The van der Waals surface area contributed by atoms with Crippen LogP contribution in [0.4, 0.5) is 10.1 Å². The summed E-state index contributed by atoms with van der Waals surface area (Å²) < 4.78 is 14.5. The van der Waals surface area contributed by atoms with E-state index in [0.717, 1.165) is 23.8 Å². The van der Waals surface area contributed by atoms with Gasteiger partial charge in [-0.15, -0.1) is 6.58 Å². The Hall–Kier alpha value is -2.14. The number of amides is 2. The van der Waals surface area contributed by atoms with Gasteiger partial charge in [0.2, 0.25) is 0 Å². The Labute approximate surface area is 137 Å². The van der Waals surface area contributed by atoms with Crippen LogP contribution >= 0.6 is 11.6 Å². The molecule has 1 aromatic rings. The van der Waals surface area contributed by atoms with Gasteiger partial charge in [0, 0.05) is 16.7 Å². The molecule has 0 saturated carbocycles. The molecule has 1 aromatic carbocycles. The van der Waals surface area contributed by atoms with E-state index in [9.17, 15) is 19.1 Å². The fraction of sp³-hybridized carbons (Fsp3) is 0.294. The van der Waals surface area contributed by atoms with Crippen LogP contribution in [-0.2, 0) is 16.0 Å². The first-order chi connectivity index (χ1) is 11.0. The third kappa shape index (κ3) is 2.36. The standard InChI is InChI=1S/C17H15ClFNO3/c1-2-5-11-14(13(19)8-12(18)15(11)21)20-16(22)9-6-3-4-7-10(9)17(20)23/h2,8,21H,1,3-7H2. The second-order valence-electron chi connectivity index (χ2n) is 5.62. The number of anilines is 1. The number of phenols is 1. The Morgan fingerprint density at radius 1 is 1.26 bits per heavy atom. The van der Waals surface area contributed by atoms with Crippen molar-refractivity contribution < 1.29 is 19.1 Å². The molecule has 0 saturated heterocycles. The quantitative estimate of drug-likeness (QED) is 0.677. The minimum atomic E-state index is -0.814. The zero-order chi connectivity index (χ0) is 16.7. The highest BCUT2D eigenvalue weighted by Crippen LogP contribution is 2.42. The summed E-state index contributed by atoms with van der Waals surface area (Å²) in [7, 11) is 0. The normalized spacial score (nSPS) is 17.7. The van der Waals surface area contributed by atoms with E-state index in [0.29, 0.717) is 24.0 Å². The van der Waals surface area contributed by atoms with E-state index in [1.807, 2.05) is 0 Å². The third-order valence-corrected chi connectivity index (χ3v) is 4.53. The lowest BCUT2D eigenvalue weighted by atomic mass is 9.93.